The standard InChI is InChI=1S/C23H19N3O2/c1-23(2,3)28-22(27)26-19-11-7-6-10-16(19)20-21(26)25-18-13-15-9-5-4-8-14(15)12-17(18)24-20/h4-13H,1-3H3. The molecule has 0 fully saturated rings. The van der Waals surface area contributed by atoms with Gasteiger partial charge in [-0.1, -0.05) is 42.5 Å². The molecule has 0 spiro atoms. The molecule has 2 heterocycles. The lowest BCUT2D eigenvalue weighted by Gasteiger charge is -2.20. The van der Waals surface area contributed by atoms with E-state index in [1.165, 1.54) is 4.57 Å². The van der Waals surface area contributed by atoms with E-state index in [0.29, 0.717) is 11.2 Å². The zero-order valence-electron chi connectivity index (χ0n) is 15.9. The molecule has 0 atom stereocenters. The minimum atomic E-state index is -0.602. The second kappa shape index (κ2) is 5.76. The molecule has 0 radical (unpaired) electrons. The number of carbonyl (C=O) groups is 1. The Labute approximate surface area is 161 Å². The average Bonchev–Trinajstić information content (AvgIpc) is 2.96. The van der Waals surface area contributed by atoms with Gasteiger partial charge in [0.1, 0.15) is 11.1 Å². The zero-order chi connectivity index (χ0) is 19.5. The maximum Gasteiger partial charge on any atom is 0.420 e. The van der Waals surface area contributed by atoms with Crippen LogP contribution in [0.5, 0.6) is 0 Å². The number of aromatic nitrogens is 3. The van der Waals surface area contributed by atoms with Crippen LogP contribution in [0.15, 0.2) is 60.7 Å². The molecule has 5 heteroatoms. The van der Waals surface area contributed by atoms with Crippen LogP contribution < -0.4 is 0 Å². The summed E-state index contributed by atoms with van der Waals surface area (Å²) >= 11 is 0. The van der Waals surface area contributed by atoms with Gasteiger partial charge in [0.05, 0.1) is 16.6 Å². The van der Waals surface area contributed by atoms with Crippen molar-refractivity contribution in [1.29, 1.82) is 0 Å². The number of nitrogens with zero attached hydrogens (tertiary/aromatic N) is 3. The number of hydrogen-bond donors (Lipinski definition) is 0. The van der Waals surface area contributed by atoms with E-state index in [1.807, 2.05) is 75.4 Å². The largest absolute Gasteiger partial charge is 0.443 e. The van der Waals surface area contributed by atoms with Crippen molar-refractivity contribution in [2.24, 2.45) is 0 Å². The van der Waals surface area contributed by atoms with Crippen molar-refractivity contribution in [2.45, 2.75) is 26.4 Å². The zero-order valence-corrected chi connectivity index (χ0v) is 15.9. The smallest absolute Gasteiger partial charge is 0.420 e. The Bertz CT molecular complexity index is 1390. The molecule has 0 unspecified atom stereocenters. The minimum Gasteiger partial charge on any atom is -0.443 e. The number of carbonyl (C=O) groups excluding carboxylic acids is 1. The van der Waals surface area contributed by atoms with E-state index in [0.717, 1.165) is 32.7 Å². The van der Waals surface area contributed by atoms with Gasteiger partial charge in [-0.05, 0) is 49.7 Å². The first-order valence-corrected chi connectivity index (χ1v) is 9.24. The third-order valence-corrected chi connectivity index (χ3v) is 4.70. The van der Waals surface area contributed by atoms with Crippen molar-refractivity contribution in [3.05, 3.63) is 60.7 Å². The van der Waals surface area contributed by atoms with Crippen LogP contribution in [0.4, 0.5) is 4.79 Å². The molecule has 0 saturated heterocycles. The molecule has 0 bridgehead atoms. The third kappa shape index (κ3) is 2.59. The predicted octanol–water partition coefficient (Wildman–Crippen LogP) is 5.67. The number of para-hydroxylation sites is 1. The van der Waals surface area contributed by atoms with Gasteiger partial charge in [0.25, 0.3) is 0 Å². The molecule has 5 nitrogen and oxygen atoms in total. The summed E-state index contributed by atoms with van der Waals surface area (Å²) in [5.74, 6) is 0. The summed E-state index contributed by atoms with van der Waals surface area (Å²) in [4.78, 5) is 22.7. The monoisotopic (exact) mass is 369 g/mol. The molecule has 0 saturated carbocycles. The van der Waals surface area contributed by atoms with Crippen molar-refractivity contribution >= 4 is 50.0 Å². The predicted molar refractivity (Wildman–Crippen MR) is 112 cm³/mol. The van der Waals surface area contributed by atoms with Gasteiger partial charge in [0.15, 0.2) is 5.65 Å². The maximum absolute atomic E-state index is 13.0. The summed E-state index contributed by atoms with van der Waals surface area (Å²) in [5, 5.41) is 3.08. The van der Waals surface area contributed by atoms with Crippen LogP contribution >= 0.6 is 0 Å². The maximum atomic E-state index is 13.0. The Morgan fingerprint density at radius 2 is 1.50 bits per heavy atom. The number of fused-ring (bicyclic) bond motifs is 5. The fourth-order valence-corrected chi connectivity index (χ4v) is 3.54. The number of hydrogen-bond acceptors (Lipinski definition) is 4. The van der Waals surface area contributed by atoms with Crippen molar-refractivity contribution in [3.63, 3.8) is 0 Å². The highest BCUT2D eigenvalue weighted by molar-refractivity contribution is 6.11. The molecular weight excluding hydrogens is 350 g/mol. The van der Waals surface area contributed by atoms with Gasteiger partial charge in [0.2, 0.25) is 0 Å². The Hall–Kier alpha value is -3.47. The quantitative estimate of drug-likeness (QED) is 0.330. The molecule has 0 amide bonds. The average molecular weight is 369 g/mol. The summed E-state index contributed by atoms with van der Waals surface area (Å²) < 4.78 is 7.16. The van der Waals surface area contributed by atoms with Crippen LogP contribution in [0.3, 0.4) is 0 Å². The van der Waals surface area contributed by atoms with E-state index in [9.17, 15) is 4.79 Å². The molecule has 0 aliphatic rings. The van der Waals surface area contributed by atoms with Crippen LogP contribution in [0, 0.1) is 0 Å². The van der Waals surface area contributed by atoms with Crippen LogP contribution in [-0.2, 0) is 4.74 Å². The first kappa shape index (κ1) is 16.7. The van der Waals surface area contributed by atoms with Crippen molar-refractivity contribution in [3.8, 4) is 0 Å². The lowest BCUT2D eigenvalue weighted by atomic mass is 10.1. The van der Waals surface area contributed by atoms with Gasteiger partial charge >= 0.3 is 6.09 Å². The van der Waals surface area contributed by atoms with E-state index < -0.39 is 11.7 Å². The van der Waals surface area contributed by atoms with Crippen LogP contribution in [0.2, 0.25) is 0 Å². The Balaban J connectivity index is 1.87. The van der Waals surface area contributed by atoms with Gasteiger partial charge in [-0.25, -0.2) is 19.3 Å². The molecular formula is C23H19N3O2. The van der Waals surface area contributed by atoms with Crippen molar-refractivity contribution in [1.82, 2.24) is 14.5 Å². The molecule has 3 aromatic carbocycles. The van der Waals surface area contributed by atoms with Gasteiger partial charge < -0.3 is 4.74 Å². The Morgan fingerprint density at radius 1 is 0.893 bits per heavy atom. The summed E-state index contributed by atoms with van der Waals surface area (Å²) in [5.41, 5.74) is 2.90. The first-order chi connectivity index (χ1) is 13.4. The second-order valence-corrected chi connectivity index (χ2v) is 7.92. The van der Waals surface area contributed by atoms with Gasteiger partial charge in [-0.2, -0.15) is 0 Å². The van der Waals surface area contributed by atoms with Crippen LogP contribution in [-0.4, -0.2) is 26.2 Å². The van der Waals surface area contributed by atoms with E-state index in [-0.39, 0.29) is 0 Å². The number of benzene rings is 3. The van der Waals surface area contributed by atoms with Gasteiger partial charge in [0, 0.05) is 5.39 Å². The lowest BCUT2D eigenvalue weighted by Crippen LogP contribution is -2.27. The molecule has 5 aromatic rings. The summed E-state index contributed by atoms with van der Waals surface area (Å²) in [6, 6.07) is 19.8. The topological polar surface area (TPSA) is 57.0 Å². The number of rotatable bonds is 0. The summed E-state index contributed by atoms with van der Waals surface area (Å²) in [7, 11) is 0. The van der Waals surface area contributed by atoms with Crippen LogP contribution in [0.1, 0.15) is 20.8 Å². The first-order valence-electron chi connectivity index (χ1n) is 9.24. The van der Waals surface area contributed by atoms with E-state index >= 15 is 0 Å². The van der Waals surface area contributed by atoms with E-state index in [2.05, 4.69) is 6.07 Å². The Morgan fingerprint density at radius 3 is 2.18 bits per heavy atom. The fourth-order valence-electron chi connectivity index (χ4n) is 3.54. The highest BCUT2D eigenvalue weighted by Crippen LogP contribution is 2.30. The minimum absolute atomic E-state index is 0.451. The molecule has 0 aliphatic carbocycles. The van der Waals surface area contributed by atoms with E-state index in [1.54, 1.807) is 0 Å². The van der Waals surface area contributed by atoms with Crippen molar-refractivity contribution < 1.29 is 9.53 Å². The Kier molecular flexibility index (Phi) is 3.43. The molecule has 5 rings (SSSR count). The van der Waals surface area contributed by atoms with Gasteiger partial charge in [-0.15, -0.1) is 0 Å². The third-order valence-electron chi connectivity index (χ3n) is 4.70. The lowest BCUT2D eigenvalue weighted by molar-refractivity contribution is 0.0550. The van der Waals surface area contributed by atoms with E-state index in [4.69, 9.17) is 14.7 Å². The summed E-state index contributed by atoms with van der Waals surface area (Å²) in [6.07, 6.45) is -0.451. The normalized spacial score (nSPS) is 12.2. The fraction of sp³-hybridized carbons (Fsp3) is 0.174. The molecule has 0 aliphatic heterocycles. The molecule has 2 aromatic heterocycles. The highest BCUT2D eigenvalue weighted by Gasteiger charge is 2.24. The SMILES string of the molecule is CC(C)(C)OC(=O)n1c2ccccc2c2nc3cc4ccccc4cc3nc21. The molecule has 138 valence electrons. The van der Waals surface area contributed by atoms with Gasteiger partial charge in [-0.3, -0.25) is 0 Å². The molecule has 0 N–H and O–H groups in total. The molecule has 28 heavy (non-hydrogen) atoms. The van der Waals surface area contributed by atoms with Crippen molar-refractivity contribution in [2.75, 3.05) is 0 Å². The van der Waals surface area contributed by atoms with Crippen LogP contribution in [0.25, 0.3) is 43.9 Å². The summed E-state index contributed by atoms with van der Waals surface area (Å²) in [6.45, 7) is 5.56. The highest BCUT2D eigenvalue weighted by atomic mass is 16.6. The number of ether oxygens (including phenoxy) is 1. The second-order valence-electron chi connectivity index (χ2n) is 7.92.